The van der Waals surface area contributed by atoms with Crippen LogP contribution in [0, 0.1) is 0 Å². The fourth-order valence-corrected chi connectivity index (χ4v) is 2.01. The van der Waals surface area contributed by atoms with Gasteiger partial charge in [0.05, 0.1) is 19.4 Å². The summed E-state index contributed by atoms with van der Waals surface area (Å²) in [6.45, 7) is 1.89. The topological polar surface area (TPSA) is 71.6 Å². The summed E-state index contributed by atoms with van der Waals surface area (Å²) in [4.78, 5) is 15.1. The summed E-state index contributed by atoms with van der Waals surface area (Å²) in [6.07, 6.45) is 1.64. The number of nitrogens with one attached hydrogen (secondary N) is 1. The van der Waals surface area contributed by atoms with Crippen LogP contribution in [-0.4, -0.2) is 29.8 Å². The lowest BCUT2D eigenvalue weighted by Crippen LogP contribution is -2.39. The van der Waals surface area contributed by atoms with Gasteiger partial charge < -0.3 is 19.6 Å². The second-order valence-corrected chi connectivity index (χ2v) is 4.24. The first-order valence-electron chi connectivity index (χ1n) is 6.31. The Balaban J connectivity index is 2.48. The minimum atomic E-state index is -1.86. The van der Waals surface area contributed by atoms with Crippen molar-refractivity contribution < 1.29 is 19.4 Å². The number of rotatable bonds is 5. The van der Waals surface area contributed by atoms with E-state index in [0.717, 1.165) is 0 Å². The molecule has 106 valence electrons. The summed E-state index contributed by atoms with van der Waals surface area (Å²) < 4.78 is 10.1. The van der Waals surface area contributed by atoms with Crippen LogP contribution in [0.1, 0.15) is 18.2 Å². The molecule has 0 spiro atoms. The number of hydrogen-bond donors (Lipinski definition) is 2. The van der Waals surface area contributed by atoms with Gasteiger partial charge >= 0.3 is 5.97 Å². The molecule has 2 N–H and O–H groups in total. The van der Waals surface area contributed by atoms with Gasteiger partial charge in [-0.2, -0.15) is 0 Å². The Morgan fingerprint density at radius 1 is 1.30 bits per heavy atom. The first-order chi connectivity index (χ1) is 9.62. The Kier molecular flexibility index (Phi) is 4.10. The Hall–Kier alpha value is -2.27. The summed E-state index contributed by atoms with van der Waals surface area (Å²) in [5.41, 5.74) is -1.08. The molecule has 0 bridgehead atoms. The fraction of sp³-hybridized carbons (Fsp3) is 0.267. The van der Waals surface area contributed by atoms with Crippen molar-refractivity contribution in [1.29, 1.82) is 0 Å². The van der Waals surface area contributed by atoms with E-state index in [2.05, 4.69) is 4.98 Å². The quantitative estimate of drug-likeness (QED) is 0.817. The van der Waals surface area contributed by atoms with Crippen LogP contribution in [0.15, 0.2) is 42.6 Å². The van der Waals surface area contributed by atoms with Crippen molar-refractivity contribution in [2.24, 2.45) is 0 Å². The first-order valence-corrected chi connectivity index (χ1v) is 6.31. The second kappa shape index (κ2) is 5.79. The van der Waals surface area contributed by atoms with Gasteiger partial charge in [-0.15, -0.1) is 0 Å². The number of carbonyl (C=O) groups is 1. The number of benzene rings is 1. The van der Waals surface area contributed by atoms with Crippen molar-refractivity contribution in [3.8, 4) is 5.75 Å². The maximum atomic E-state index is 12.2. The highest BCUT2D eigenvalue weighted by Gasteiger charge is 2.42. The third-order valence-electron chi connectivity index (χ3n) is 3.07. The van der Waals surface area contributed by atoms with Crippen LogP contribution in [0.5, 0.6) is 5.75 Å². The van der Waals surface area contributed by atoms with Crippen molar-refractivity contribution in [2.45, 2.75) is 12.5 Å². The molecule has 1 heterocycles. The lowest BCUT2D eigenvalue weighted by molar-refractivity contribution is -0.161. The van der Waals surface area contributed by atoms with Crippen molar-refractivity contribution in [3.05, 3.63) is 53.9 Å². The molecule has 0 amide bonds. The lowest BCUT2D eigenvalue weighted by atomic mass is 9.90. The first kappa shape index (κ1) is 14.1. The highest BCUT2D eigenvalue weighted by Crippen LogP contribution is 2.31. The van der Waals surface area contributed by atoms with E-state index in [1.54, 1.807) is 56.6 Å². The van der Waals surface area contributed by atoms with Gasteiger partial charge in [0.25, 0.3) is 0 Å². The predicted molar refractivity (Wildman–Crippen MR) is 73.4 cm³/mol. The molecule has 0 fully saturated rings. The number of methoxy groups -OCH3 is 1. The maximum Gasteiger partial charge on any atom is 0.349 e. The van der Waals surface area contributed by atoms with Crippen molar-refractivity contribution in [2.75, 3.05) is 13.7 Å². The van der Waals surface area contributed by atoms with E-state index in [1.165, 1.54) is 0 Å². The molecule has 20 heavy (non-hydrogen) atoms. The van der Waals surface area contributed by atoms with E-state index in [1.807, 2.05) is 0 Å². The van der Waals surface area contributed by atoms with Crippen molar-refractivity contribution in [3.63, 3.8) is 0 Å². The highest BCUT2D eigenvalue weighted by atomic mass is 16.5. The normalized spacial score (nSPS) is 13.6. The van der Waals surface area contributed by atoms with E-state index >= 15 is 0 Å². The molecule has 1 aromatic carbocycles. The number of ether oxygens (including phenoxy) is 2. The average molecular weight is 275 g/mol. The molecule has 2 rings (SSSR count). The number of H-pyrrole nitrogens is 1. The molecule has 5 heteroatoms. The van der Waals surface area contributed by atoms with E-state index in [9.17, 15) is 9.90 Å². The molecular weight excluding hydrogens is 258 g/mol. The van der Waals surface area contributed by atoms with Gasteiger partial charge in [-0.25, -0.2) is 4.79 Å². The molecule has 1 atom stereocenters. The Morgan fingerprint density at radius 3 is 2.50 bits per heavy atom. The van der Waals surface area contributed by atoms with E-state index in [4.69, 9.17) is 9.47 Å². The molecular formula is C15H17NO4. The summed E-state index contributed by atoms with van der Waals surface area (Å²) in [6, 6.07) is 9.99. The standard InChI is InChI=1S/C15H17NO4/c1-3-20-14(17)15(18,13-5-4-10-16-13)11-6-8-12(19-2)9-7-11/h4-10,16,18H,3H2,1-2H3/t15-/m1/s1. The smallest absolute Gasteiger partial charge is 0.349 e. The molecule has 0 saturated carbocycles. The molecule has 0 aliphatic rings. The fourth-order valence-electron chi connectivity index (χ4n) is 2.01. The number of aliphatic hydroxyl groups is 1. The van der Waals surface area contributed by atoms with Crippen LogP contribution in [0.3, 0.4) is 0 Å². The van der Waals surface area contributed by atoms with Gasteiger partial charge in [-0.1, -0.05) is 12.1 Å². The Labute approximate surface area is 117 Å². The molecule has 2 aromatic rings. The third-order valence-corrected chi connectivity index (χ3v) is 3.07. The SMILES string of the molecule is CCOC(=O)[C@@](O)(c1ccc(OC)cc1)c1ccc[nH]1. The average Bonchev–Trinajstić information content (AvgIpc) is 3.01. The summed E-state index contributed by atoms with van der Waals surface area (Å²) in [5.74, 6) is -0.0703. The number of hydrogen-bond acceptors (Lipinski definition) is 4. The summed E-state index contributed by atoms with van der Waals surface area (Å²) in [5, 5.41) is 10.9. The minimum Gasteiger partial charge on any atom is -0.497 e. The summed E-state index contributed by atoms with van der Waals surface area (Å²) >= 11 is 0. The van der Waals surface area contributed by atoms with Crippen molar-refractivity contribution in [1.82, 2.24) is 4.98 Å². The largest absolute Gasteiger partial charge is 0.497 e. The van der Waals surface area contributed by atoms with Gasteiger partial charge in [0.15, 0.2) is 0 Å². The number of esters is 1. The molecule has 0 radical (unpaired) electrons. The molecule has 5 nitrogen and oxygen atoms in total. The van der Waals surface area contributed by atoms with Crippen LogP contribution in [0.4, 0.5) is 0 Å². The zero-order chi connectivity index (χ0) is 14.6. The monoisotopic (exact) mass is 275 g/mol. The number of carbonyl (C=O) groups excluding carboxylic acids is 1. The van der Waals surface area contributed by atoms with Crippen molar-refractivity contribution >= 4 is 5.97 Å². The van der Waals surface area contributed by atoms with Gasteiger partial charge in [0.1, 0.15) is 5.75 Å². The van der Waals surface area contributed by atoms with Gasteiger partial charge in [0.2, 0.25) is 5.60 Å². The molecule has 0 aliphatic carbocycles. The molecule has 0 unspecified atom stereocenters. The predicted octanol–water partition coefficient (Wildman–Crippen LogP) is 1.82. The zero-order valence-corrected chi connectivity index (χ0v) is 11.4. The minimum absolute atomic E-state index is 0.192. The Bertz CT molecular complexity index is 562. The van der Waals surface area contributed by atoms with Crippen LogP contribution in [-0.2, 0) is 15.1 Å². The maximum absolute atomic E-state index is 12.2. The van der Waals surface area contributed by atoms with Gasteiger partial charge in [0, 0.05) is 11.8 Å². The van der Waals surface area contributed by atoms with Crippen LogP contribution in [0.2, 0.25) is 0 Å². The van der Waals surface area contributed by atoms with E-state index < -0.39 is 11.6 Å². The zero-order valence-electron chi connectivity index (χ0n) is 11.4. The Morgan fingerprint density at radius 2 is 2.00 bits per heavy atom. The van der Waals surface area contributed by atoms with Gasteiger partial charge in [-0.05, 0) is 31.2 Å². The molecule has 0 aliphatic heterocycles. The van der Waals surface area contributed by atoms with Crippen LogP contribution >= 0.6 is 0 Å². The lowest BCUT2D eigenvalue weighted by Gasteiger charge is -2.25. The molecule has 1 aromatic heterocycles. The second-order valence-electron chi connectivity index (χ2n) is 4.24. The number of aromatic nitrogens is 1. The summed E-state index contributed by atoms with van der Waals surface area (Å²) in [7, 11) is 1.55. The number of aromatic amines is 1. The van der Waals surface area contributed by atoms with Crippen LogP contribution in [0.25, 0.3) is 0 Å². The van der Waals surface area contributed by atoms with Gasteiger partial charge in [-0.3, -0.25) is 0 Å². The van der Waals surface area contributed by atoms with E-state index in [0.29, 0.717) is 17.0 Å². The van der Waals surface area contributed by atoms with Crippen LogP contribution < -0.4 is 4.74 Å². The molecule has 0 saturated heterocycles. The van der Waals surface area contributed by atoms with E-state index in [-0.39, 0.29) is 6.61 Å². The highest BCUT2D eigenvalue weighted by molar-refractivity contribution is 5.84. The third kappa shape index (κ3) is 2.40.